The quantitative estimate of drug-likeness (QED) is 0.726. The highest BCUT2D eigenvalue weighted by atomic mass is 16.2. The SMILES string of the molecule is O=C(CN1C(=O)NC2(CCc3ccccc32)C1=O)NC1CCN(Cc2ccccc2)C1. The number of rotatable bonds is 5. The largest absolute Gasteiger partial charge is 0.350 e. The number of amides is 4. The van der Waals surface area contributed by atoms with E-state index in [-0.39, 0.29) is 24.4 Å². The Morgan fingerprint density at radius 1 is 1.10 bits per heavy atom. The minimum atomic E-state index is -1.02. The number of benzene rings is 2. The summed E-state index contributed by atoms with van der Waals surface area (Å²) < 4.78 is 0. The molecule has 2 aromatic carbocycles. The second kappa shape index (κ2) is 7.81. The van der Waals surface area contributed by atoms with Gasteiger partial charge in [0.15, 0.2) is 0 Å². The van der Waals surface area contributed by atoms with Crippen molar-refractivity contribution in [3.05, 3.63) is 71.3 Å². The molecule has 7 heteroatoms. The van der Waals surface area contributed by atoms with Gasteiger partial charge in [0.2, 0.25) is 5.91 Å². The first-order valence-electron chi connectivity index (χ1n) is 10.8. The summed E-state index contributed by atoms with van der Waals surface area (Å²) in [6.45, 7) is 2.27. The monoisotopic (exact) mass is 418 g/mol. The van der Waals surface area contributed by atoms with Crippen LogP contribution in [0.2, 0.25) is 0 Å². The second-order valence-corrected chi connectivity index (χ2v) is 8.66. The van der Waals surface area contributed by atoms with Gasteiger partial charge in [0.05, 0.1) is 0 Å². The van der Waals surface area contributed by atoms with Crippen molar-refractivity contribution in [2.45, 2.75) is 37.4 Å². The van der Waals surface area contributed by atoms with Gasteiger partial charge < -0.3 is 10.6 Å². The molecule has 0 radical (unpaired) electrons. The van der Waals surface area contributed by atoms with Gasteiger partial charge in [-0.2, -0.15) is 0 Å². The smallest absolute Gasteiger partial charge is 0.325 e. The first kappa shape index (κ1) is 19.8. The molecule has 7 nitrogen and oxygen atoms in total. The van der Waals surface area contributed by atoms with E-state index in [4.69, 9.17) is 0 Å². The van der Waals surface area contributed by atoms with Crippen LogP contribution in [0.25, 0.3) is 0 Å². The summed E-state index contributed by atoms with van der Waals surface area (Å²) in [5.74, 6) is -0.617. The van der Waals surface area contributed by atoms with Gasteiger partial charge in [0, 0.05) is 25.7 Å². The Balaban J connectivity index is 1.19. The van der Waals surface area contributed by atoms with Crippen molar-refractivity contribution in [3.8, 4) is 0 Å². The van der Waals surface area contributed by atoms with Crippen LogP contribution in [0.4, 0.5) is 4.79 Å². The lowest BCUT2D eigenvalue weighted by molar-refractivity contribution is -0.135. The van der Waals surface area contributed by atoms with Crippen LogP contribution >= 0.6 is 0 Å². The van der Waals surface area contributed by atoms with E-state index in [1.807, 2.05) is 42.5 Å². The number of likely N-dealkylation sites (tertiary alicyclic amines) is 1. The zero-order valence-corrected chi connectivity index (χ0v) is 17.3. The van der Waals surface area contributed by atoms with Gasteiger partial charge in [-0.15, -0.1) is 0 Å². The first-order chi connectivity index (χ1) is 15.0. The maximum Gasteiger partial charge on any atom is 0.325 e. The summed E-state index contributed by atoms with van der Waals surface area (Å²) in [5, 5.41) is 5.87. The predicted molar refractivity (Wildman–Crippen MR) is 115 cm³/mol. The van der Waals surface area contributed by atoms with E-state index in [0.29, 0.717) is 6.42 Å². The van der Waals surface area contributed by atoms with E-state index in [9.17, 15) is 14.4 Å². The predicted octanol–water partition coefficient (Wildman–Crippen LogP) is 1.77. The number of nitrogens with one attached hydrogen (secondary N) is 2. The van der Waals surface area contributed by atoms with E-state index in [1.54, 1.807) is 0 Å². The van der Waals surface area contributed by atoms with Crippen LogP contribution < -0.4 is 10.6 Å². The Bertz CT molecular complexity index is 1020. The number of hydrogen-bond acceptors (Lipinski definition) is 4. The highest BCUT2D eigenvalue weighted by Gasteiger charge is 2.55. The van der Waals surface area contributed by atoms with E-state index in [2.05, 4.69) is 27.7 Å². The summed E-state index contributed by atoms with van der Waals surface area (Å²) in [5.41, 5.74) is 2.15. The molecular formula is C24H26N4O3. The fraction of sp³-hybridized carbons (Fsp3) is 0.375. The van der Waals surface area contributed by atoms with Crippen LogP contribution in [0.3, 0.4) is 0 Å². The Morgan fingerprint density at radius 2 is 1.87 bits per heavy atom. The fourth-order valence-corrected chi connectivity index (χ4v) is 5.09. The van der Waals surface area contributed by atoms with Crippen molar-refractivity contribution >= 4 is 17.8 Å². The molecule has 2 aliphatic heterocycles. The summed E-state index contributed by atoms with van der Waals surface area (Å²) in [6.07, 6.45) is 2.13. The molecule has 5 rings (SSSR count). The van der Waals surface area contributed by atoms with Gasteiger partial charge in [-0.1, -0.05) is 54.6 Å². The molecule has 160 valence electrons. The zero-order chi connectivity index (χ0) is 21.4. The normalized spacial score (nSPS) is 25.2. The Kier molecular flexibility index (Phi) is 4.98. The summed E-state index contributed by atoms with van der Waals surface area (Å²) in [6, 6.07) is 17.5. The average molecular weight is 418 g/mol. The van der Waals surface area contributed by atoms with Crippen LogP contribution in [0.15, 0.2) is 54.6 Å². The maximum atomic E-state index is 13.2. The molecule has 0 bridgehead atoms. The molecule has 2 atom stereocenters. The molecule has 3 aliphatic rings. The maximum absolute atomic E-state index is 13.2. The molecule has 2 aromatic rings. The number of hydrogen-bond donors (Lipinski definition) is 2. The van der Waals surface area contributed by atoms with Gasteiger partial charge in [-0.3, -0.25) is 19.4 Å². The van der Waals surface area contributed by atoms with Gasteiger partial charge in [-0.05, 0) is 36.0 Å². The number of fused-ring (bicyclic) bond motifs is 2. The molecule has 2 heterocycles. The lowest BCUT2D eigenvalue weighted by Gasteiger charge is -2.22. The molecule has 2 N–H and O–H groups in total. The lowest BCUT2D eigenvalue weighted by atomic mass is 9.92. The topological polar surface area (TPSA) is 81.8 Å². The highest BCUT2D eigenvalue weighted by molar-refractivity contribution is 6.09. The number of imide groups is 1. The molecule has 2 fully saturated rings. The van der Waals surface area contributed by atoms with Crippen LogP contribution in [0, 0.1) is 0 Å². The average Bonchev–Trinajstić information content (AvgIpc) is 3.43. The molecule has 2 saturated heterocycles. The third-order valence-corrected chi connectivity index (χ3v) is 6.61. The highest BCUT2D eigenvalue weighted by Crippen LogP contribution is 2.41. The number of aryl methyl sites for hydroxylation is 1. The van der Waals surface area contributed by atoms with Crippen LogP contribution in [-0.4, -0.2) is 53.3 Å². The van der Waals surface area contributed by atoms with Crippen molar-refractivity contribution in [2.24, 2.45) is 0 Å². The molecule has 2 unspecified atom stereocenters. The Morgan fingerprint density at radius 3 is 2.71 bits per heavy atom. The molecule has 1 aliphatic carbocycles. The summed E-state index contributed by atoms with van der Waals surface area (Å²) in [4.78, 5) is 41.8. The third-order valence-electron chi connectivity index (χ3n) is 6.61. The minimum Gasteiger partial charge on any atom is -0.350 e. The number of urea groups is 1. The van der Waals surface area contributed by atoms with Gasteiger partial charge >= 0.3 is 6.03 Å². The van der Waals surface area contributed by atoms with Gasteiger partial charge in [0.25, 0.3) is 5.91 Å². The van der Waals surface area contributed by atoms with Gasteiger partial charge in [0.1, 0.15) is 12.1 Å². The van der Waals surface area contributed by atoms with Crippen LogP contribution in [0.1, 0.15) is 29.5 Å². The zero-order valence-electron chi connectivity index (χ0n) is 17.3. The van der Waals surface area contributed by atoms with E-state index in [0.717, 1.165) is 48.5 Å². The van der Waals surface area contributed by atoms with Gasteiger partial charge in [-0.25, -0.2) is 4.79 Å². The number of carbonyl (C=O) groups is 3. The Hall–Kier alpha value is -3.19. The van der Waals surface area contributed by atoms with Crippen LogP contribution in [0.5, 0.6) is 0 Å². The van der Waals surface area contributed by atoms with E-state index in [1.165, 1.54) is 5.56 Å². The minimum absolute atomic E-state index is 0.0261. The standard InChI is InChI=1S/C24H26N4O3/c29-21(25-19-11-13-27(15-19)14-17-6-2-1-3-7-17)16-28-22(30)24(26-23(28)31)12-10-18-8-4-5-9-20(18)24/h1-9,19H,10-16H2,(H,25,29)(H,26,31). The molecule has 0 aromatic heterocycles. The van der Waals surface area contributed by atoms with Crippen molar-refractivity contribution in [1.82, 2.24) is 20.4 Å². The summed E-state index contributed by atoms with van der Waals surface area (Å²) in [7, 11) is 0. The molecule has 1 spiro atoms. The first-order valence-corrected chi connectivity index (χ1v) is 10.8. The van der Waals surface area contributed by atoms with Crippen molar-refractivity contribution < 1.29 is 14.4 Å². The van der Waals surface area contributed by atoms with E-state index < -0.39 is 11.6 Å². The van der Waals surface area contributed by atoms with Crippen molar-refractivity contribution in [3.63, 3.8) is 0 Å². The van der Waals surface area contributed by atoms with Crippen molar-refractivity contribution in [1.29, 1.82) is 0 Å². The molecule has 4 amide bonds. The van der Waals surface area contributed by atoms with Crippen molar-refractivity contribution in [2.75, 3.05) is 19.6 Å². The molecule has 0 saturated carbocycles. The van der Waals surface area contributed by atoms with Crippen LogP contribution in [-0.2, 0) is 28.1 Å². The molecule has 31 heavy (non-hydrogen) atoms. The molecular weight excluding hydrogens is 392 g/mol. The fourth-order valence-electron chi connectivity index (χ4n) is 5.09. The third kappa shape index (κ3) is 3.59. The second-order valence-electron chi connectivity index (χ2n) is 8.66. The summed E-state index contributed by atoms with van der Waals surface area (Å²) >= 11 is 0. The number of nitrogens with zero attached hydrogens (tertiary/aromatic N) is 2. The lowest BCUT2D eigenvalue weighted by Crippen LogP contribution is -2.46. The Labute approximate surface area is 181 Å². The number of carbonyl (C=O) groups excluding carboxylic acids is 3. The van der Waals surface area contributed by atoms with E-state index >= 15 is 0 Å².